The third kappa shape index (κ3) is 7.04. The van der Waals surface area contributed by atoms with Crippen LogP contribution < -0.4 is 10.1 Å². The second-order valence-electron chi connectivity index (χ2n) is 6.94. The van der Waals surface area contributed by atoms with Crippen LogP contribution in [0.4, 0.5) is 0 Å². The van der Waals surface area contributed by atoms with Crippen LogP contribution in [-0.4, -0.2) is 29.0 Å². The summed E-state index contributed by atoms with van der Waals surface area (Å²) in [6.45, 7) is 4.87. The van der Waals surface area contributed by atoms with Crippen molar-refractivity contribution >= 4 is 40.8 Å². The summed E-state index contributed by atoms with van der Waals surface area (Å²) in [5.74, 6) is 2.48. The Morgan fingerprint density at radius 2 is 1.80 bits per heavy atom. The first-order valence-electron chi connectivity index (χ1n) is 9.61. The molecule has 0 saturated heterocycles. The summed E-state index contributed by atoms with van der Waals surface area (Å²) in [4.78, 5) is 12.1. The molecule has 0 atom stereocenters. The Labute approximate surface area is 190 Å². The van der Waals surface area contributed by atoms with Gasteiger partial charge in [-0.2, -0.15) is 0 Å². The molecule has 0 radical (unpaired) electrons. The molecule has 30 heavy (non-hydrogen) atoms. The quantitative estimate of drug-likeness (QED) is 0.411. The number of aromatic nitrogens is 2. The number of amides is 1. The van der Waals surface area contributed by atoms with Gasteiger partial charge in [-0.1, -0.05) is 85.1 Å². The van der Waals surface area contributed by atoms with Gasteiger partial charge in [0.25, 0.3) is 0 Å². The first-order valence-corrected chi connectivity index (χ1v) is 12.4. The van der Waals surface area contributed by atoms with Crippen LogP contribution in [0.15, 0.2) is 57.2 Å². The van der Waals surface area contributed by atoms with Gasteiger partial charge in [-0.25, -0.2) is 0 Å². The minimum absolute atomic E-state index is 0.0301. The van der Waals surface area contributed by atoms with Gasteiger partial charge in [0.2, 0.25) is 5.91 Å². The molecule has 0 aliphatic heterocycles. The van der Waals surface area contributed by atoms with E-state index in [2.05, 4.69) is 53.6 Å². The van der Waals surface area contributed by atoms with Crippen molar-refractivity contribution in [3.8, 4) is 5.75 Å². The number of methoxy groups -OCH3 is 1. The lowest BCUT2D eigenvalue weighted by Gasteiger charge is -2.06. The molecule has 0 bridgehead atoms. The van der Waals surface area contributed by atoms with Crippen molar-refractivity contribution in [1.29, 1.82) is 0 Å². The normalized spacial score (nSPS) is 10.9. The number of nitrogens with one attached hydrogen (secondary N) is 1. The van der Waals surface area contributed by atoms with E-state index in [1.54, 1.807) is 18.9 Å². The van der Waals surface area contributed by atoms with Crippen molar-refractivity contribution in [1.82, 2.24) is 15.5 Å². The Hall–Kier alpha value is -2.03. The molecule has 0 saturated carbocycles. The third-order valence-corrected chi connectivity index (χ3v) is 7.61. The van der Waals surface area contributed by atoms with Crippen molar-refractivity contribution in [2.75, 3.05) is 12.9 Å². The van der Waals surface area contributed by atoms with Crippen molar-refractivity contribution in [3.05, 3.63) is 65.2 Å². The zero-order chi connectivity index (χ0) is 21.3. The van der Waals surface area contributed by atoms with Crippen molar-refractivity contribution < 1.29 is 9.53 Å². The molecule has 0 aliphatic rings. The number of nitrogens with zero attached hydrogens (tertiary/aromatic N) is 2. The van der Waals surface area contributed by atoms with E-state index in [4.69, 9.17) is 4.74 Å². The maximum Gasteiger partial charge on any atom is 0.230 e. The van der Waals surface area contributed by atoms with Crippen LogP contribution in [0, 0.1) is 0 Å². The van der Waals surface area contributed by atoms with E-state index < -0.39 is 0 Å². The summed E-state index contributed by atoms with van der Waals surface area (Å²) in [5.41, 5.74) is 3.62. The Bertz CT molecular complexity index is 958. The Morgan fingerprint density at radius 3 is 2.50 bits per heavy atom. The lowest BCUT2D eigenvalue weighted by atomic mass is 10.0. The molecule has 0 spiro atoms. The highest BCUT2D eigenvalue weighted by Gasteiger charge is 2.09. The molecule has 1 N–H and O–H groups in total. The largest absolute Gasteiger partial charge is 0.497 e. The van der Waals surface area contributed by atoms with E-state index in [1.165, 1.54) is 34.2 Å². The summed E-state index contributed by atoms with van der Waals surface area (Å²) < 4.78 is 6.93. The van der Waals surface area contributed by atoms with Gasteiger partial charge in [0.05, 0.1) is 12.9 Å². The molecule has 8 heteroatoms. The maximum absolute atomic E-state index is 12.1. The zero-order valence-electron chi connectivity index (χ0n) is 17.3. The fraction of sp³-hybridized carbons (Fsp3) is 0.318. The van der Waals surface area contributed by atoms with Crippen LogP contribution in [0.25, 0.3) is 0 Å². The molecule has 158 valence electrons. The predicted molar refractivity (Wildman–Crippen MR) is 126 cm³/mol. The average molecular weight is 460 g/mol. The first kappa shape index (κ1) is 22.7. The molecular formula is C22H25N3O2S3. The van der Waals surface area contributed by atoms with Crippen LogP contribution in [0.1, 0.15) is 36.5 Å². The van der Waals surface area contributed by atoms with Gasteiger partial charge in [0.15, 0.2) is 8.68 Å². The maximum atomic E-state index is 12.1. The van der Waals surface area contributed by atoms with Crippen LogP contribution in [0.3, 0.4) is 0 Å². The van der Waals surface area contributed by atoms with Gasteiger partial charge in [0, 0.05) is 12.3 Å². The van der Waals surface area contributed by atoms with E-state index in [0.29, 0.717) is 18.2 Å². The first-order chi connectivity index (χ1) is 14.5. The minimum atomic E-state index is -0.0301. The molecule has 0 aliphatic carbocycles. The molecule has 0 fully saturated rings. The van der Waals surface area contributed by atoms with Gasteiger partial charge in [-0.3, -0.25) is 4.79 Å². The smallest absolute Gasteiger partial charge is 0.230 e. The molecule has 3 aromatic rings. The molecule has 0 unspecified atom stereocenters. The van der Waals surface area contributed by atoms with Gasteiger partial charge in [-0.15, -0.1) is 10.2 Å². The van der Waals surface area contributed by atoms with Gasteiger partial charge < -0.3 is 10.1 Å². The number of hydrogen-bond acceptors (Lipinski definition) is 7. The Morgan fingerprint density at radius 1 is 1.07 bits per heavy atom. The van der Waals surface area contributed by atoms with E-state index in [0.717, 1.165) is 25.7 Å². The Balaban J connectivity index is 1.40. The van der Waals surface area contributed by atoms with Crippen molar-refractivity contribution in [3.63, 3.8) is 0 Å². The van der Waals surface area contributed by atoms with Crippen LogP contribution in [-0.2, 0) is 17.1 Å². The van der Waals surface area contributed by atoms with Gasteiger partial charge >= 0.3 is 0 Å². The zero-order valence-corrected chi connectivity index (χ0v) is 19.7. The minimum Gasteiger partial charge on any atom is -0.497 e. The number of rotatable bonds is 10. The summed E-state index contributed by atoms with van der Waals surface area (Å²) >= 11 is 4.62. The summed E-state index contributed by atoms with van der Waals surface area (Å²) in [5, 5.41) is 11.3. The predicted octanol–water partition coefficient (Wildman–Crippen LogP) is 5.37. The summed E-state index contributed by atoms with van der Waals surface area (Å²) in [6.07, 6.45) is 0. The molecule has 1 heterocycles. The van der Waals surface area contributed by atoms with Crippen molar-refractivity contribution in [2.24, 2.45) is 0 Å². The molecule has 5 nitrogen and oxygen atoms in total. The van der Waals surface area contributed by atoms with E-state index >= 15 is 0 Å². The Kier molecular flexibility index (Phi) is 8.60. The number of benzene rings is 2. The average Bonchev–Trinajstić information content (AvgIpc) is 3.23. The van der Waals surface area contributed by atoms with E-state index in [-0.39, 0.29) is 5.91 Å². The third-order valence-electron chi connectivity index (χ3n) is 4.35. The molecule has 3 rings (SSSR count). The number of hydrogen-bond donors (Lipinski definition) is 1. The fourth-order valence-corrected chi connectivity index (χ4v) is 5.42. The van der Waals surface area contributed by atoms with Gasteiger partial charge in [0.1, 0.15) is 5.75 Å². The second kappa shape index (κ2) is 11.4. The van der Waals surface area contributed by atoms with E-state index in [9.17, 15) is 4.79 Å². The topological polar surface area (TPSA) is 64.1 Å². The SMILES string of the molecule is COc1cccc(CNC(=O)CSc2nnc(SCc3ccc(C(C)C)cc3)s2)c1. The van der Waals surface area contributed by atoms with Crippen LogP contribution in [0.2, 0.25) is 0 Å². The summed E-state index contributed by atoms with van der Waals surface area (Å²) in [6, 6.07) is 16.4. The number of ether oxygens (including phenoxy) is 1. The molecule has 1 aromatic heterocycles. The van der Waals surface area contributed by atoms with Gasteiger partial charge in [-0.05, 0) is 34.7 Å². The summed E-state index contributed by atoms with van der Waals surface area (Å²) in [7, 11) is 1.63. The van der Waals surface area contributed by atoms with Crippen molar-refractivity contribution in [2.45, 2.75) is 40.7 Å². The highest BCUT2D eigenvalue weighted by Crippen LogP contribution is 2.31. The lowest BCUT2D eigenvalue weighted by molar-refractivity contribution is -0.118. The number of thioether (sulfide) groups is 2. The highest BCUT2D eigenvalue weighted by molar-refractivity contribution is 8.03. The lowest BCUT2D eigenvalue weighted by Crippen LogP contribution is -2.24. The fourth-order valence-electron chi connectivity index (χ4n) is 2.62. The van der Waals surface area contributed by atoms with Crippen LogP contribution >= 0.6 is 34.9 Å². The molecular weight excluding hydrogens is 434 g/mol. The van der Waals surface area contributed by atoms with Crippen LogP contribution in [0.5, 0.6) is 5.75 Å². The second-order valence-corrected chi connectivity index (χ2v) is 10.4. The number of carbonyl (C=O) groups excluding carboxylic acids is 1. The monoisotopic (exact) mass is 459 g/mol. The molecule has 1 amide bonds. The molecule has 2 aromatic carbocycles. The highest BCUT2D eigenvalue weighted by atomic mass is 32.2. The van der Waals surface area contributed by atoms with E-state index in [1.807, 2.05) is 24.3 Å². The standard InChI is InChI=1S/C22H25N3O2S3/c1-15(2)18-9-7-16(8-10-18)13-28-21-24-25-22(30-21)29-14-20(26)23-12-17-5-4-6-19(11-17)27-3/h4-11,15H,12-14H2,1-3H3,(H,23,26). The number of carbonyl (C=O) groups is 1.